The van der Waals surface area contributed by atoms with E-state index in [0.29, 0.717) is 11.8 Å². The molecule has 0 unspecified atom stereocenters. The average molecular weight is 451 g/mol. The van der Waals surface area contributed by atoms with Crippen molar-refractivity contribution in [1.82, 2.24) is 4.90 Å². The summed E-state index contributed by atoms with van der Waals surface area (Å²) in [6.45, 7) is -3.48. The molecule has 0 aliphatic carbocycles. The van der Waals surface area contributed by atoms with Gasteiger partial charge in [0.1, 0.15) is 11.3 Å². The van der Waals surface area contributed by atoms with Crippen LogP contribution in [-0.2, 0) is 4.79 Å². The monoisotopic (exact) mass is 451 g/mol. The van der Waals surface area contributed by atoms with Crippen LogP contribution < -0.4 is 19.1 Å². The third kappa shape index (κ3) is 4.38. The number of benzene rings is 2. The van der Waals surface area contributed by atoms with Crippen LogP contribution in [0.2, 0.25) is 0 Å². The van der Waals surface area contributed by atoms with Gasteiger partial charge in [0, 0.05) is 20.2 Å². The molecule has 0 saturated carbocycles. The summed E-state index contributed by atoms with van der Waals surface area (Å²) in [6.07, 6.45) is -1.05. The fourth-order valence-corrected chi connectivity index (χ4v) is 3.21. The minimum Gasteiger partial charge on any atom is -0.493 e. The molecule has 2 aromatic carbocycles. The van der Waals surface area contributed by atoms with Crippen molar-refractivity contribution in [2.45, 2.75) is 12.7 Å². The minimum absolute atomic E-state index is 0.221. The first-order valence-corrected chi connectivity index (χ1v) is 9.24. The van der Waals surface area contributed by atoms with Crippen molar-refractivity contribution in [3.05, 3.63) is 52.1 Å². The number of hydrogen-bond acceptors (Lipinski definition) is 7. The van der Waals surface area contributed by atoms with E-state index in [-0.39, 0.29) is 18.0 Å². The van der Waals surface area contributed by atoms with Gasteiger partial charge in [-0.2, -0.15) is 8.78 Å². The number of likely N-dealkylation sites (N-methyl/N-ethyl adjacent to an activating group) is 1. The molecule has 1 heterocycles. The number of nitro benzene ring substituents is 1. The highest BCUT2D eigenvalue weighted by molar-refractivity contribution is 6.10. The molecule has 0 aromatic heterocycles. The van der Waals surface area contributed by atoms with E-state index < -0.39 is 46.5 Å². The number of fused-ring (bicyclic) bond motifs is 1. The van der Waals surface area contributed by atoms with Crippen LogP contribution >= 0.6 is 0 Å². The highest BCUT2D eigenvalue weighted by atomic mass is 19.3. The number of alkyl halides is 2. The van der Waals surface area contributed by atoms with Crippen LogP contribution in [0.4, 0.5) is 20.2 Å². The number of nitro groups is 1. The van der Waals surface area contributed by atoms with Gasteiger partial charge in [0.05, 0.1) is 30.3 Å². The number of amides is 2. The molecule has 12 heteroatoms. The molecule has 1 aliphatic rings. The summed E-state index contributed by atoms with van der Waals surface area (Å²) in [5.41, 5.74) is -0.895. The SMILES string of the molecule is COc1cc(C(=O)N2C[C@H](C(=O)N(C)C)Oc3ccccc32)c([N+](=O)[O-])cc1OC(F)F. The number of carbonyl (C=O) groups excluding carboxylic acids is 2. The van der Waals surface area contributed by atoms with Crippen LogP contribution in [0.15, 0.2) is 36.4 Å². The number of ether oxygens (including phenoxy) is 3. The molecule has 32 heavy (non-hydrogen) atoms. The van der Waals surface area contributed by atoms with E-state index in [4.69, 9.17) is 9.47 Å². The fraction of sp³-hybridized carbons (Fsp3) is 0.300. The molecule has 3 rings (SSSR count). The van der Waals surface area contributed by atoms with Crippen molar-refractivity contribution < 1.29 is 37.5 Å². The van der Waals surface area contributed by atoms with Gasteiger partial charge in [-0.05, 0) is 12.1 Å². The molecular weight excluding hydrogens is 432 g/mol. The summed E-state index contributed by atoms with van der Waals surface area (Å²) in [7, 11) is 4.19. The predicted molar refractivity (Wildman–Crippen MR) is 108 cm³/mol. The lowest BCUT2D eigenvalue weighted by Crippen LogP contribution is -2.50. The Bertz CT molecular complexity index is 1060. The van der Waals surface area contributed by atoms with Crippen molar-refractivity contribution in [3.63, 3.8) is 0 Å². The second-order valence-electron chi connectivity index (χ2n) is 6.88. The zero-order valence-electron chi connectivity index (χ0n) is 17.3. The van der Waals surface area contributed by atoms with E-state index in [1.807, 2.05) is 0 Å². The maximum absolute atomic E-state index is 13.4. The first kappa shape index (κ1) is 22.7. The number of nitrogens with zero attached hydrogens (tertiary/aromatic N) is 3. The first-order valence-electron chi connectivity index (χ1n) is 9.24. The highest BCUT2D eigenvalue weighted by Gasteiger charge is 2.37. The van der Waals surface area contributed by atoms with E-state index in [1.165, 1.54) is 23.9 Å². The summed E-state index contributed by atoms with van der Waals surface area (Å²) in [6, 6.07) is 8.05. The summed E-state index contributed by atoms with van der Waals surface area (Å²) in [4.78, 5) is 39.1. The van der Waals surface area contributed by atoms with Gasteiger partial charge in [0.15, 0.2) is 17.6 Å². The summed E-state index contributed by atoms with van der Waals surface area (Å²) in [5, 5.41) is 11.6. The van der Waals surface area contributed by atoms with Gasteiger partial charge >= 0.3 is 6.61 Å². The Morgan fingerprint density at radius 3 is 2.53 bits per heavy atom. The van der Waals surface area contributed by atoms with Crippen molar-refractivity contribution in [1.29, 1.82) is 0 Å². The third-order valence-corrected chi connectivity index (χ3v) is 4.66. The largest absolute Gasteiger partial charge is 0.493 e. The summed E-state index contributed by atoms with van der Waals surface area (Å²) < 4.78 is 40.4. The maximum Gasteiger partial charge on any atom is 0.387 e. The number of halogens is 2. The molecule has 0 radical (unpaired) electrons. The standard InChI is InChI=1S/C20H19F2N3O7/c1-23(2)19(27)17-10-24(12-6-4-5-7-14(12)31-17)18(26)11-8-15(30-3)16(32-20(21)22)9-13(11)25(28)29/h4-9,17,20H,10H2,1-3H3/t17-/m1/s1. The van der Waals surface area contributed by atoms with Crippen LogP contribution in [0.5, 0.6) is 17.2 Å². The molecule has 170 valence electrons. The van der Waals surface area contributed by atoms with Gasteiger partial charge in [0.25, 0.3) is 17.5 Å². The van der Waals surface area contributed by atoms with Crippen LogP contribution in [0.25, 0.3) is 0 Å². The molecule has 0 N–H and O–H groups in total. The molecule has 10 nitrogen and oxygen atoms in total. The Hall–Kier alpha value is -3.96. The van der Waals surface area contributed by atoms with Crippen LogP contribution in [-0.4, -0.2) is 62.1 Å². The Kier molecular flexibility index (Phi) is 6.42. The lowest BCUT2D eigenvalue weighted by atomic mass is 10.1. The van der Waals surface area contributed by atoms with Crippen LogP contribution in [0.1, 0.15) is 10.4 Å². The third-order valence-electron chi connectivity index (χ3n) is 4.66. The van der Waals surface area contributed by atoms with E-state index in [9.17, 15) is 28.5 Å². The predicted octanol–water partition coefficient (Wildman–Crippen LogP) is 2.70. The highest BCUT2D eigenvalue weighted by Crippen LogP contribution is 2.39. The zero-order valence-corrected chi connectivity index (χ0v) is 17.3. The molecule has 0 bridgehead atoms. The van der Waals surface area contributed by atoms with E-state index >= 15 is 0 Å². The Morgan fingerprint density at radius 2 is 1.94 bits per heavy atom. The summed E-state index contributed by atoms with van der Waals surface area (Å²) >= 11 is 0. The van der Waals surface area contributed by atoms with Gasteiger partial charge in [-0.1, -0.05) is 12.1 Å². The van der Waals surface area contributed by atoms with Gasteiger partial charge < -0.3 is 24.0 Å². The normalized spacial score (nSPS) is 14.9. The molecule has 1 aliphatic heterocycles. The molecule has 1 atom stereocenters. The minimum atomic E-state index is -3.26. The van der Waals surface area contributed by atoms with Crippen molar-refractivity contribution >= 4 is 23.2 Å². The van der Waals surface area contributed by atoms with Gasteiger partial charge in [-0.3, -0.25) is 19.7 Å². The second-order valence-corrected chi connectivity index (χ2v) is 6.88. The Labute approximate surface area is 181 Å². The van der Waals surface area contributed by atoms with E-state index in [0.717, 1.165) is 13.2 Å². The zero-order chi connectivity index (χ0) is 23.6. The molecule has 2 aromatic rings. The van der Waals surface area contributed by atoms with E-state index in [1.54, 1.807) is 24.3 Å². The number of para-hydroxylation sites is 2. The number of rotatable bonds is 6. The number of anilines is 1. The smallest absolute Gasteiger partial charge is 0.387 e. The number of hydrogen-bond donors (Lipinski definition) is 0. The molecule has 0 saturated heterocycles. The Balaban J connectivity index is 2.10. The van der Waals surface area contributed by atoms with E-state index in [2.05, 4.69) is 4.74 Å². The number of methoxy groups -OCH3 is 1. The fourth-order valence-electron chi connectivity index (χ4n) is 3.21. The molecule has 0 fully saturated rings. The van der Waals surface area contributed by atoms with Gasteiger partial charge in [0.2, 0.25) is 0 Å². The second kappa shape index (κ2) is 9.04. The van der Waals surface area contributed by atoms with Crippen molar-refractivity contribution in [3.8, 4) is 17.2 Å². The summed E-state index contributed by atoms with van der Waals surface area (Å²) in [5.74, 6) is -1.90. The van der Waals surface area contributed by atoms with Gasteiger partial charge in [-0.15, -0.1) is 0 Å². The quantitative estimate of drug-likeness (QED) is 0.490. The maximum atomic E-state index is 13.4. The molecule has 2 amide bonds. The average Bonchev–Trinajstić information content (AvgIpc) is 2.76. The van der Waals surface area contributed by atoms with Crippen LogP contribution in [0, 0.1) is 10.1 Å². The topological polar surface area (TPSA) is 111 Å². The van der Waals surface area contributed by atoms with Crippen molar-refractivity contribution in [2.24, 2.45) is 0 Å². The lowest BCUT2D eigenvalue weighted by molar-refractivity contribution is -0.385. The lowest BCUT2D eigenvalue weighted by Gasteiger charge is -2.35. The Morgan fingerprint density at radius 1 is 1.25 bits per heavy atom. The first-order chi connectivity index (χ1) is 15.1. The molecular formula is C20H19F2N3O7. The number of carbonyl (C=O) groups is 2. The van der Waals surface area contributed by atoms with Crippen LogP contribution in [0.3, 0.4) is 0 Å². The van der Waals surface area contributed by atoms with Gasteiger partial charge in [-0.25, -0.2) is 0 Å². The molecule has 0 spiro atoms. The van der Waals surface area contributed by atoms with Crippen molar-refractivity contribution in [2.75, 3.05) is 32.6 Å².